The molecule has 0 bridgehead atoms. The molecule has 1 aliphatic heterocycles. The minimum atomic E-state index is 0.451. The van der Waals surface area contributed by atoms with Gasteiger partial charge >= 0.3 is 0 Å². The maximum absolute atomic E-state index is 5.87. The molecule has 1 saturated heterocycles. The summed E-state index contributed by atoms with van der Waals surface area (Å²) in [7, 11) is 0. The monoisotopic (exact) mass is 227 g/mol. The van der Waals surface area contributed by atoms with Crippen molar-refractivity contribution in [2.75, 3.05) is 13.2 Å². The molecule has 0 spiro atoms. The molecule has 2 heteroatoms. The summed E-state index contributed by atoms with van der Waals surface area (Å²) in [4.78, 5) is 0. The zero-order valence-corrected chi connectivity index (χ0v) is 11.5. The van der Waals surface area contributed by atoms with Gasteiger partial charge in [-0.2, -0.15) is 0 Å². The first-order chi connectivity index (χ1) is 7.65. The number of ether oxygens (including phenoxy) is 1. The summed E-state index contributed by atoms with van der Waals surface area (Å²) >= 11 is 0. The van der Waals surface area contributed by atoms with E-state index in [2.05, 4.69) is 33.0 Å². The van der Waals surface area contributed by atoms with Crippen molar-refractivity contribution in [2.24, 2.45) is 11.8 Å². The summed E-state index contributed by atoms with van der Waals surface area (Å²) in [6.07, 6.45) is 5.61. The van der Waals surface area contributed by atoms with Crippen LogP contribution in [0.3, 0.4) is 0 Å². The molecule has 0 aromatic heterocycles. The van der Waals surface area contributed by atoms with Gasteiger partial charge in [0.2, 0.25) is 0 Å². The molecule has 0 saturated carbocycles. The Labute approximate surface area is 101 Å². The average molecular weight is 227 g/mol. The van der Waals surface area contributed by atoms with Crippen molar-refractivity contribution in [3.05, 3.63) is 0 Å². The van der Waals surface area contributed by atoms with E-state index in [1.807, 2.05) is 0 Å². The van der Waals surface area contributed by atoms with Crippen molar-refractivity contribution in [3.8, 4) is 0 Å². The average Bonchev–Trinajstić information content (AvgIpc) is 2.63. The second-order valence-electron chi connectivity index (χ2n) is 5.59. The molecular formula is C14H29NO. The highest BCUT2D eigenvalue weighted by Crippen LogP contribution is 2.25. The van der Waals surface area contributed by atoms with Gasteiger partial charge in [0.1, 0.15) is 0 Å². The number of hydrogen-bond acceptors (Lipinski definition) is 2. The molecule has 1 rings (SSSR count). The van der Waals surface area contributed by atoms with Crippen LogP contribution in [0.2, 0.25) is 0 Å². The second kappa shape index (κ2) is 7.29. The van der Waals surface area contributed by atoms with Crippen molar-refractivity contribution in [3.63, 3.8) is 0 Å². The molecule has 16 heavy (non-hydrogen) atoms. The fourth-order valence-corrected chi connectivity index (χ4v) is 2.62. The van der Waals surface area contributed by atoms with Crippen molar-refractivity contribution in [2.45, 2.75) is 65.5 Å². The number of rotatable bonds is 7. The smallest absolute Gasteiger partial charge is 0.0754 e. The Hall–Kier alpha value is -0.0800. The highest BCUT2D eigenvalue weighted by Gasteiger charge is 2.31. The summed E-state index contributed by atoms with van der Waals surface area (Å²) in [5.74, 6) is 1.55. The van der Waals surface area contributed by atoms with Crippen LogP contribution in [-0.4, -0.2) is 25.3 Å². The lowest BCUT2D eigenvalue weighted by Gasteiger charge is -2.27. The van der Waals surface area contributed by atoms with Gasteiger partial charge < -0.3 is 10.1 Å². The van der Waals surface area contributed by atoms with Gasteiger partial charge in [0, 0.05) is 12.6 Å². The van der Waals surface area contributed by atoms with E-state index in [1.165, 1.54) is 25.7 Å². The Morgan fingerprint density at radius 3 is 2.56 bits per heavy atom. The molecule has 0 aromatic carbocycles. The molecule has 3 atom stereocenters. The van der Waals surface area contributed by atoms with Crippen molar-refractivity contribution >= 4 is 0 Å². The minimum Gasteiger partial charge on any atom is -0.376 e. The van der Waals surface area contributed by atoms with Crippen LogP contribution in [0.15, 0.2) is 0 Å². The molecular weight excluding hydrogens is 198 g/mol. The summed E-state index contributed by atoms with van der Waals surface area (Å²) in [5.41, 5.74) is 0. The minimum absolute atomic E-state index is 0.451. The lowest BCUT2D eigenvalue weighted by molar-refractivity contribution is 0.0577. The number of nitrogens with one attached hydrogen (secondary N) is 1. The third-order valence-corrected chi connectivity index (χ3v) is 3.60. The summed E-state index contributed by atoms with van der Waals surface area (Å²) in [6, 6.07) is 0.571. The van der Waals surface area contributed by atoms with E-state index in [-0.39, 0.29) is 0 Å². The van der Waals surface area contributed by atoms with Crippen molar-refractivity contribution in [1.82, 2.24) is 5.32 Å². The van der Waals surface area contributed by atoms with Crippen LogP contribution in [0.1, 0.15) is 53.4 Å². The molecule has 96 valence electrons. The van der Waals surface area contributed by atoms with Gasteiger partial charge in [-0.3, -0.25) is 0 Å². The van der Waals surface area contributed by atoms with E-state index in [9.17, 15) is 0 Å². The molecule has 0 amide bonds. The third-order valence-electron chi connectivity index (χ3n) is 3.60. The van der Waals surface area contributed by atoms with Crippen molar-refractivity contribution < 1.29 is 4.74 Å². The van der Waals surface area contributed by atoms with Gasteiger partial charge in [0.05, 0.1) is 6.10 Å². The van der Waals surface area contributed by atoms with Crippen LogP contribution in [0, 0.1) is 11.8 Å². The van der Waals surface area contributed by atoms with Gasteiger partial charge in [-0.25, -0.2) is 0 Å². The van der Waals surface area contributed by atoms with Crippen LogP contribution in [0.25, 0.3) is 0 Å². The van der Waals surface area contributed by atoms with Crippen LogP contribution in [0.4, 0.5) is 0 Å². The quantitative estimate of drug-likeness (QED) is 0.721. The topological polar surface area (TPSA) is 21.3 Å². The normalized spacial score (nSPS) is 27.6. The zero-order chi connectivity index (χ0) is 12.0. The third kappa shape index (κ3) is 4.42. The lowest BCUT2D eigenvalue weighted by Crippen LogP contribution is -2.42. The van der Waals surface area contributed by atoms with Crippen LogP contribution >= 0.6 is 0 Å². The molecule has 1 heterocycles. The first kappa shape index (κ1) is 14.0. The number of likely N-dealkylation sites (N-methyl/N-ethyl adjacent to an activating group) is 1. The standard InChI is InChI=1S/C14H29NO/c1-5-15-13(8-6-7-11(2)3)14-12(4)9-10-16-14/h11-15H,5-10H2,1-4H3. The number of hydrogen-bond donors (Lipinski definition) is 1. The van der Waals surface area contributed by atoms with Crippen LogP contribution in [-0.2, 0) is 4.74 Å². The van der Waals surface area contributed by atoms with Crippen LogP contribution in [0.5, 0.6) is 0 Å². The summed E-state index contributed by atoms with van der Waals surface area (Å²) in [6.45, 7) is 11.1. The van der Waals surface area contributed by atoms with Gasteiger partial charge in [0.25, 0.3) is 0 Å². The lowest BCUT2D eigenvalue weighted by atomic mass is 9.93. The molecule has 2 nitrogen and oxygen atoms in total. The highest BCUT2D eigenvalue weighted by atomic mass is 16.5. The Morgan fingerprint density at radius 2 is 2.06 bits per heavy atom. The maximum Gasteiger partial charge on any atom is 0.0754 e. The van der Waals surface area contributed by atoms with E-state index in [1.54, 1.807) is 0 Å². The van der Waals surface area contributed by atoms with Gasteiger partial charge in [-0.15, -0.1) is 0 Å². The van der Waals surface area contributed by atoms with Crippen molar-refractivity contribution in [1.29, 1.82) is 0 Å². The first-order valence-electron chi connectivity index (χ1n) is 7.00. The Kier molecular flexibility index (Phi) is 6.37. The molecule has 1 fully saturated rings. The van der Waals surface area contributed by atoms with E-state index in [0.717, 1.165) is 25.0 Å². The molecule has 0 aromatic rings. The highest BCUT2D eigenvalue weighted by molar-refractivity contribution is 4.84. The Bertz CT molecular complexity index is 182. The van der Waals surface area contributed by atoms with E-state index < -0.39 is 0 Å². The largest absolute Gasteiger partial charge is 0.376 e. The SMILES string of the molecule is CCNC(CCCC(C)C)C1OCCC1C. The fourth-order valence-electron chi connectivity index (χ4n) is 2.62. The molecule has 1 aliphatic rings. The van der Waals surface area contributed by atoms with E-state index in [4.69, 9.17) is 4.74 Å². The maximum atomic E-state index is 5.87. The zero-order valence-electron chi connectivity index (χ0n) is 11.5. The van der Waals surface area contributed by atoms with Gasteiger partial charge in [-0.1, -0.05) is 40.5 Å². The van der Waals surface area contributed by atoms with Crippen LogP contribution < -0.4 is 5.32 Å². The second-order valence-corrected chi connectivity index (χ2v) is 5.59. The fraction of sp³-hybridized carbons (Fsp3) is 1.00. The predicted molar refractivity (Wildman–Crippen MR) is 69.7 cm³/mol. The molecule has 0 radical (unpaired) electrons. The van der Waals surface area contributed by atoms with E-state index in [0.29, 0.717) is 12.1 Å². The predicted octanol–water partition coefficient (Wildman–Crippen LogP) is 3.22. The Balaban J connectivity index is 2.34. The molecule has 3 unspecified atom stereocenters. The van der Waals surface area contributed by atoms with E-state index >= 15 is 0 Å². The van der Waals surface area contributed by atoms with Gasteiger partial charge in [-0.05, 0) is 31.2 Å². The van der Waals surface area contributed by atoms with Gasteiger partial charge in [0.15, 0.2) is 0 Å². The molecule has 0 aliphatic carbocycles. The summed E-state index contributed by atoms with van der Waals surface area (Å²) in [5, 5.41) is 3.60. The summed E-state index contributed by atoms with van der Waals surface area (Å²) < 4.78 is 5.87. The Morgan fingerprint density at radius 1 is 1.31 bits per heavy atom. The molecule has 1 N–H and O–H groups in total. The first-order valence-corrected chi connectivity index (χ1v) is 7.00.